The maximum absolute atomic E-state index is 14.1. The molecule has 2 aliphatic rings. The summed E-state index contributed by atoms with van der Waals surface area (Å²) in [5.41, 5.74) is 6.63. The minimum Gasteiger partial charge on any atom is -0.444 e. The summed E-state index contributed by atoms with van der Waals surface area (Å²) in [4.78, 5) is 64.9. The lowest BCUT2D eigenvalue weighted by Crippen LogP contribution is -2.48. The molecule has 342 valence electrons. The Morgan fingerprint density at radius 1 is 0.875 bits per heavy atom. The number of ether oxygens (including phenoxy) is 2. The van der Waals surface area contributed by atoms with Crippen LogP contribution in [0.5, 0.6) is 5.75 Å². The van der Waals surface area contributed by atoms with E-state index in [2.05, 4.69) is 42.8 Å². The second kappa shape index (κ2) is 21.6. The second-order valence-corrected chi connectivity index (χ2v) is 17.6. The van der Waals surface area contributed by atoms with E-state index in [0.717, 1.165) is 73.4 Å². The molecule has 0 unspecified atom stereocenters. The Bertz CT molecular complexity index is 2640. The number of halogens is 1. The Hall–Kier alpha value is -6.03. The minimum atomic E-state index is -0.626. The first-order valence-corrected chi connectivity index (χ1v) is 22.9. The van der Waals surface area contributed by atoms with Crippen molar-refractivity contribution in [2.45, 2.75) is 67.4 Å². The summed E-state index contributed by atoms with van der Waals surface area (Å²) in [5.74, 6) is 0.653. The summed E-state index contributed by atoms with van der Waals surface area (Å²) in [6.45, 7) is 22.1. The molecule has 0 bridgehead atoms. The molecule has 0 spiro atoms. The van der Waals surface area contributed by atoms with E-state index in [-0.39, 0.29) is 17.9 Å². The molecule has 0 radical (unpaired) electrons. The molecule has 1 fully saturated rings. The molecule has 0 aliphatic carbocycles. The van der Waals surface area contributed by atoms with E-state index >= 15 is 0 Å². The number of amides is 4. The van der Waals surface area contributed by atoms with Gasteiger partial charge in [-0.05, 0) is 119 Å². The molecule has 14 nitrogen and oxygen atoms in total. The largest absolute Gasteiger partial charge is 0.444 e. The normalized spacial score (nSPS) is 13.4. The minimum absolute atomic E-state index is 0.197. The van der Waals surface area contributed by atoms with Gasteiger partial charge in [0.25, 0.3) is 11.8 Å². The predicted octanol–water partition coefficient (Wildman–Crippen LogP) is 10.7. The van der Waals surface area contributed by atoms with Crippen LogP contribution in [0.3, 0.4) is 0 Å². The number of anilines is 3. The van der Waals surface area contributed by atoms with Crippen LogP contribution in [-0.4, -0.2) is 102 Å². The predicted molar refractivity (Wildman–Crippen MR) is 263 cm³/mol. The van der Waals surface area contributed by atoms with Gasteiger partial charge in [0.05, 0.1) is 10.4 Å². The summed E-state index contributed by atoms with van der Waals surface area (Å²) < 4.78 is 12.3. The van der Waals surface area contributed by atoms with Crippen molar-refractivity contribution < 1.29 is 28.7 Å². The highest BCUT2D eigenvalue weighted by Crippen LogP contribution is 2.45. The van der Waals surface area contributed by atoms with Crippen LogP contribution in [0.15, 0.2) is 72.3 Å². The molecule has 64 heavy (non-hydrogen) atoms. The monoisotopic (exact) mass is 912 g/mol. The number of hydrogen-bond donors (Lipinski definition) is 5. The van der Waals surface area contributed by atoms with Crippen LogP contribution < -0.4 is 25.6 Å². The summed E-state index contributed by atoms with van der Waals surface area (Å²) in [7, 11) is 3.89. The van der Waals surface area contributed by atoms with E-state index in [9.17, 15) is 19.2 Å². The quantitative estimate of drug-likeness (QED) is 0.103. The number of hydrogen-bond acceptors (Lipinski definition) is 9. The Balaban J connectivity index is 0.000000705. The Kier molecular flexibility index (Phi) is 16.5. The van der Waals surface area contributed by atoms with Gasteiger partial charge in [0, 0.05) is 90.3 Å². The van der Waals surface area contributed by atoms with Crippen LogP contribution >= 0.6 is 22.9 Å². The van der Waals surface area contributed by atoms with Crippen LogP contribution in [-0.2, 0) is 11.2 Å². The van der Waals surface area contributed by atoms with Crippen molar-refractivity contribution in [3.63, 3.8) is 0 Å². The fourth-order valence-electron chi connectivity index (χ4n) is 7.10. The lowest BCUT2D eigenvalue weighted by Gasteiger charge is -2.31. The number of carbonyl (C=O) groups is 4. The van der Waals surface area contributed by atoms with Gasteiger partial charge in [-0.2, -0.15) is 0 Å². The van der Waals surface area contributed by atoms with E-state index in [0.29, 0.717) is 54.6 Å². The molecule has 2 aliphatic heterocycles. The number of likely N-dealkylation sites (N-methyl/N-ethyl adjacent to an activating group) is 1. The van der Waals surface area contributed by atoms with Gasteiger partial charge in [-0.1, -0.05) is 27.4 Å². The number of carbonyl (C=O) groups excluding carboxylic acids is 4. The smallest absolute Gasteiger partial charge is 0.415 e. The van der Waals surface area contributed by atoms with Crippen LogP contribution in [0, 0.1) is 6.92 Å². The number of nitrogens with zero attached hydrogens (tertiary/aromatic N) is 3. The second-order valence-electron chi connectivity index (χ2n) is 16.2. The van der Waals surface area contributed by atoms with Crippen molar-refractivity contribution in [1.82, 2.24) is 25.1 Å². The number of nitrogens with one attached hydrogen (secondary N) is 5. The zero-order valence-corrected chi connectivity index (χ0v) is 40.1. The third-order valence-corrected chi connectivity index (χ3v) is 11.3. The van der Waals surface area contributed by atoms with Gasteiger partial charge in [0.1, 0.15) is 17.0 Å². The number of alkyl halides is 1. The van der Waals surface area contributed by atoms with Crippen LogP contribution in [0.4, 0.5) is 26.7 Å². The molecule has 0 saturated carbocycles. The zero-order valence-electron chi connectivity index (χ0n) is 38.5. The van der Waals surface area contributed by atoms with Crippen molar-refractivity contribution >= 4 is 95.9 Å². The Labute approximate surface area is 384 Å². The number of aryl methyl sites for hydroxylation is 1. The average molecular weight is 914 g/mol. The van der Waals surface area contributed by atoms with Gasteiger partial charge < -0.3 is 44.8 Å². The highest BCUT2D eigenvalue weighted by atomic mass is 35.5. The Morgan fingerprint density at radius 3 is 2.02 bits per heavy atom. The number of allylic oxidation sites excluding steroid dienone is 1. The molecule has 8 rings (SSSR count). The highest BCUT2D eigenvalue weighted by molar-refractivity contribution is 7.17. The molecular weight excluding hydrogens is 852 g/mol. The molecule has 1 saturated heterocycles. The average Bonchev–Trinajstić information content (AvgIpc) is 4.06. The molecule has 3 aromatic carbocycles. The zero-order chi connectivity index (χ0) is 46.9. The van der Waals surface area contributed by atoms with Crippen molar-refractivity contribution in [3.8, 4) is 5.75 Å². The highest BCUT2D eigenvalue weighted by Gasteiger charge is 2.32. The van der Waals surface area contributed by atoms with Crippen molar-refractivity contribution in [1.29, 1.82) is 0 Å². The first-order valence-electron chi connectivity index (χ1n) is 21.5. The summed E-state index contributed by atoms with van der Waals surface area (Å²) in [5, 5.41) is 13.1. The number of piperazine rings is 1. The Morgan fingerprint density at radius 2 is 1.44 bits per heavy atom. The number of thiophene rings is 1. The lowest BCUT2D eigenvalue weighted by molar-refractivity contribution is 0.0635. The van der Waals surface area contributed by atoms with E-state index in [4.69, 9.17) is 21.1 Å². The number of benzene rings is 3. The number of fused-ring (bicyclic) bond motifs is 5. The standard InChI is InChI=1S/C40H41N7O6S.C4H9N.C2H5Cl.C2H6/c1-22-21-54-35-33(52-39(51)46-14-12-45(5)13-15-46)20-32-27(34(22)35)10-11-47(32)37(49)31-19-24-16-25(6-8-29(24)44-31)41-36(48)30-18-23-17-26(7-9-28(23)43-30)42-38(50)53-40(2,3)4;1-4(2)5-3;1-2-3;1-2/h6-9,16-21,43-44H,10-15H2,1-5H3,(H,41,48)(H,42,50);5H,1H2,2-3H3;2H2,1H3;1-2H3. The van der Waals surface area contributed by atoms with E-state index in [1.165, 1.54) is 0 Å². The first kappa shape index (κ1) is 49.0. The molecular formula is C48H61ClN8O6S. The molecule has 3 aromatic heterocycles. The number of H-pyrrole nitrogens is 2. The maximum atomic E-state index is 14.1. The number of rotatable bonds is 6. The SMILES string of the molecule is C=C(C)NC.CC.CCCl.Cc1csc2c(OC(=O)N3CCN(C)CC3)cc3c(c12)CCN3C(=O)c1cc2cc(NC(=O)c3cc4cc(NC(=O)OC(C)(C)C)ccc4[nH]3)ccc2[nH]1. The van der Waals surface area contributed by atoms with Crippen LogP contribution in [0.2, 0.25) is 0 Å². The van der Waals surface area contributed by atoms with Gasteiger partial charge in [-0.15, -0.1) is 22.9 Å². The molecule has 4 amide bonds. The van der Waals surface area contributed by atoms with Gasteiger partial charge in [-0.25, -0.2) is 9.59 Å². The summed E-state index contributed by atoms with van der Waals surface area (Å²) in [6, 6.07) is 16.0. The topological polar surface area (TPSA) is 164 Å². The van der Waals surface area contributed by atoms with E-state index < -0.39 is 11.7 Å². The molecule has 0 atom stereocenters. The number of aromatic amines is 2. The molecule has 16 heteroatoms. The van der Waals surface area contributed by atoms with E-state index in [1.54, 1.807) is 78.3 Å². The summed E-state index contributed by atoms with van der Waals surface area (Å²) in [6.07, 6.45) is -0.252. The lowest BCUT2D eigenvalue weighted by atomic mass is 10.0. The van der Waals surface area contributed by atoms with Gasteiger partial charge in [-0.3, -0.25) is 14.9 Å². The first-order chi connectivity index (χ1) is 30.5. The van der Waals surface area contributed by atoms with Gasteiger partial charge in [0.2, 0.25) is 0 Å². The third kappa shape index (κ3) is 11.9. The molecule has 6 aromatic rings. The maximum Gasteiger partial charge on any atom is 0.415 e. The van der Waals surface area contributed by atoms with Crippen LogP contribution in [0.1, 0.15) is 80.6 Å². The van der Waals surface area contributed by atoms with Gasteiger partial charge in [0.15, 0.2) is 5.75 Å². The van der Waals surface area contributed by atoms with E-state index in [1.807, 2.05) is 66.9 Å². The van der Waals surface area contributed by atoms with Crippen molar-refractivity contribution in [2.24, 2.45) is 0 Å². The van der Waals surface area contributed by atoms with Gasteiger partial charge >= 0.3 is 12.2 Å². The van der Waals surface area contributed by atoms with Crippen molar-refractivity contribution in [2.75, 3.05) is 68.2 Å². The summed E-state index contributed by atoms with van der Waals surface area (Å²) >= 11 is 6.55. The van der Waals surface area contributed by atoms with Crippen molar-refractivity contribution in [3.05, 3.63) is 94.8 Å². The fraction of sp³-hybridized carbons (Fsp3) is 0.375. The third-order valence-electron chi connectivity index (χ3n) is 10.2. The molecule has 5 N–H and O–H groups in total. The fourth-order valence-corrected chi connectivity index (χ4v) is 8.13. The number of aromatic nitrogens is 2. The van der Waals surface area contributed by atoms with Crippen LogP contribution in [0.25, 0.3) is 31.9 Å². The molecule has 5 heterocycles.